The summed E-state index contributed by atoms with van der Waals surface area (Å²) < 4.78 is 5.84. The van der Waals surface area contributed by atoms with Crippen LogP contribution in [0.5, 0.6) is 5.75 Å². The summed E-state index contributed by atoms with van der Waals surface area (Å²) in [6, 6.07) is 14.6. The number of benzene rings is 2. The van der Waals surface area contributed by atoms with Crippen LogP contribution < -0.4 is 10.1 Å². The van der Waals surface area contributed by atoms with E-state index in [-0.39, 0.29) is 11.7 Å². The molecule has 0 heterocycles. The second-order valence-corrected chi connectivity index (χ2v) is 6.08. The van der Waals surface area contributed by atoms with E-state index in [9.17, 15) is 9.59 Å². The fourth-order valence-electron chi connectivity index (χ4n) is 2.37. The van der Waals surface area contributed by atoms with Crippen LogP contribution in [0.3, 0.4) is 0 Å². The Balaban J connectivity index is 2.08. The van der Waals surface area contributed by atoms with E-state index in [1.807, 2.05) is 24.3 Å². The normalized spacial score (nSPS) is 11.9. The van der Waals surface area contributed by atoms with E-state index in [2.05, 4.69) is 19.2 Å². The SMILES string of the molecule is CC(=O)c1cccc(NC(=O)[C@H](C)Oc2ccccc2C(C)C)c1. The third kappa shape index (κ3) is 4.44. The summed E-state index contributed by atoms with van der Waals surface area (Å²) >= 11 is 0. The van der Waals surface area contributed by atoms with Crippen molar-refractivity contribution in [3.63, 3.8) is 0 Å². The van der Waals surface area contributed by atoms with Crippen molar-refractivity contribution in [1.29, 1.82) is 0 Å². The Morgan fingerprint density at radius 1 is 1.00 bits per heavy atom. The van der Waals surface area contributed by atoms with Gasteiger partial charge in [-0.3, -0.25) is 9.59 Å². The van der Waals surface area contributed by atoms with Gasteiger partial charge in [-0.2, -0.15) is 0 Å². The summed E-state index contributed by atoms with van der Waals surface area (Å²) in [5.41, 5.74) is 2.21. The Hall–Kier alpha value is -2.62. The molecule has 126 valence electrons. The zero-order valence-corrected chi connectivity index (χ0v) is 14.5. The lowest BCUT2D eigenvalue weighted by Gasteiger charge is -2.18. The van der Waals surface area contributed by atoms with Gasteiger partial charge in [-0.05, 0) is 43.5 Å². The van der Waals surface area contributed by atoms with Gasteiger partial charge >= 0.3 is 0 Å². The van der Waals surface area contributed by atoms with Crippen molar-refractivity contribution >= 4 is 17.4 Å². The second-order valence-electron chi connectivity index (χ2n) is 6.08. The van der Waals surface area contributed by atoms with E-state index in [1.165, 1.54) is 6.92 Å². The van der Waals surface area contributed by atoms with Crippen molar-refractivity contribution in [2.45, 2.75) is 39.7 Å². The van der Waals surface area contributed by atoms with Crippen molar-refractivity contribution in [3.05, 3.63) is 59.7 Å². The van der Waals surface area contributed by atoms with Gasteiger partial charge in [0, 0.05) is 11.3 Å². The Morgan fingerprint density at radius 3 is 2.38 bits per heavy atom. The fourth-order valence-corrected chi connectivity index (χ4v) is 2.37. The molecule has 1 atom stereocenters. The number of amides is 1. The summed E-state index contributed by atoms with van der Waals surface area (Å²) in [6.45, 7) is 7.37. The molecule has 0 saturated carbocycles. The van der Waals surface area contributed by atoms with Crippen LogP contribution in [0.15, 0.2) is 48.5 Å². The summed E-state index contributed by atoms with van der Waals surface area (Å²) in [5, 5.41) is 2.79. The third-order valence-corrected chi connectivity index (χ3v) is 3.75. The molecule has 0 aliphatic rings. The van der Waals surface area contributed by atoms with Crippen LogP contribution in [0.4, 0.5) is 5.69 Å². The van der Waals surface area contributed by atoms with Gasteiger partial charge in [0.05, 0.1) is 0 Å². The van der Waals surface area contributed by atoms with Crippen LogP contribution >= 0.6 is 0 Å². The number of carbonyl (C=O) groups is 2. The van der Waals surface area contributed by atoms with Crippen molar-refractivity contribution in [2.24, 2.45) is 0 Å². The molecule has 1 amide bonds. The average Bonchev–Trinajstić information content (AvgIpc) is 2.55. The van der Waals surface area contributed by atoms with Crippen LogP contribution in [0.2, 0.25) is 0 Å². The number of ether oxygens (including phenoxy) is 1. The first-order valence-electron chi connectivity index (χ1n) is 8.06. The number of rotatable bonds is 6. The highest BCUT2D eigenvalue weighted by molar-refractivity contribution is 5.98. The van der Waals surface area contributed by atoms with Gasteiger partial charge in [0.2, 0.25) is 0 Å². The highest BCUT2D eigenvalue weighted by atomic mass is 16.5. The number of nitrogens with one attached hydrogen (secondary N) is 1. The van der Waals surface area contributed by atoms with E-state index in [0.29, 0.717) is 22.9 Å². The predicted octanol–water partition coefficient (Wildman–Crippen LogP) is 4.42. The van der Waals surface area contributed by atoms with Crippen LogP contribution in [0.1, 0.15) is 49.5 Å². The Bertz CT molecular complexity index is 737. The van der Waals surface area contributed by atoms with Gasteiger partial charge in [0.15, 0.2) is 11.9 Å². The lowest BCUT2D eigenvalue weighted by atomic mass is 10.0. The summed E-state index contributed by atoms with van der Waals surface area (Å²) in [6.07, 6.45) is -0.647. The molecule has 24 heavy (non-hydrogen) atoms. The Labute approximate surface area is 142 Å². The quantitative estimate of drug-likeness (QED) is 0.800. The van der Waals surface area contributed by atoms with Crippen molar-refractivity contribution in [1.82, 2.24) is 0 Å². The lowest BCUT2D eigenvalue weighted by Crippen LogP contribution is -2.30. The molecule has 0 fully saturated rings. The molecule has 0 aliphatic carbocycles. The molecule has 4 nitrogen and oxygen atoms in total. The summed E-state index contributed by atoms with van der Waals surface area (Å²) in [7, 11) is 0. The van der Waals surface area contributed by atoms with Gasteiger partial charge in [-0.1, -0.05) is 44.2 Å². The largest absolute Gasteiger partial charge is 0.481 e. The van der Waals surface area contributed by atoms with Crippen molar-refractivity contribution in [3.8, 4) is 5.75 Å². The van der Waals surface area contributed by atoms with E-state index in [0.717, 1.165) is 5.56 Å². The van der Waals surface area contributed by atoms with E-state index in [1.54, 1.807) is 31.2 Å². The molecule has 0 bridgehead atoms. The predicted molar refractivity (Wildman–Crippen MR) is 95.7 cm³/mol. The van der Waals surface area contributed by atoms with Crippen LogP contribution in [-0.2, 0) is 4.79 Å². The van der Waals surface area contributed by atoms with Gasteiger partial charge in [0.25, 0.3) is 5.91 Å². The molecule has 2 rings (SSSR count). The number of anilines is 1. The first kappa shape index (κ1) is 17.7. The number of para-hydroxylation sites is 1. The Kier molecular flexibility index (Phi) is 5.74. The first-order valence-corrected chi connectivity index (χ1v) is 8.06. The molecule has 2 aromatic carbocycles. The number of Topliss-reactive ketones (excluding diaryl/α,β-unsaturated/α-hetero) is 1. The number of hydrogen-bond donors (Lipinski definition) is 1. The molecule has 0 saturated heterocycles. The van der Waals surface area contributed by atoms with Crippen LogP contribution in [0.25, 0.3) is 0 Å². The maximum Gasteiger partial charge on any atom is 0.265 e. The summed E-state index contributed by atoms with van der Waals surface area (Å²) in [4.78, 5) is 23.8. The minimum atomic E-state index is -0.647. The zero-order chi connectivity index (χ0) is 17.7. The smallest absolute Gasteiger partial charge is 0.265 e. The zero-order valence-electron chi connectivity index (χ0n) is 14.5. The number of ketones is 1. The fraction of sp³-hybridized carbons (Fsp3) is 0.300. The Morgan fingerprint density at radius 2 is 1.71 bits per heavy atom. The first-order chi connectivity index (χ1) is 11.4. The molecule has 0 aromatic heterocycles. The lowest BCUT2D eigenvalue weighted by molar-refractivity contribution is -0.122. The maximum absolute atomic E-state index is 12.4. The molecule has 0 radical (unpaired) electrons. The minimum absolute atomic E-state index is 0.0405. The molecule has 4 heteroatoms. The van der Waals surface area contributed by atoms with Gasteiger partial charge in [0.1, 0.15) is 5.75 Å². The maximum atomic E-state index is 12.4. The monoisotopic (exact) mass is 325 g/mol. The van der Waals surface area contributed by atoms with Crippen molar-refractivity contribution < 1.29 is 14.3 Å². The molecule has 2 aromatic rings. The number of carbonyl (C=O) groups excluding carboxylic acids is 2. The van der Waals surface area contributed by atoms with Crippen LogP contribution in [0, 0.1) is 0 Å². The highest BCUT2D eigenvalue weighted by Crippen LogP contribution is 2.26. The topological polar surface area (TPSA) is 55.4 Å². The molecule has 0 aliphatic heterocycles. The van der Waals surface area contributed by atoms with E-state index < -0.39 is 6.10 Å². The number of hydrogen-bond acceptors (Lipinski definition) is 3. The molecule has 0 unspecified atom stereocenters. The van der Waals surface area contributed by atoms with Gasteiger partial charge in [-0.25, -0.2) is 0 Å². The molecular weight excluding hydrogens is 302 g/mol. The third-order valence-electron chi connectivity index (χ3n) is 3.75. The van der Waals surface area contributed by atoms with E-state index >= 15 is 0 Å². The van der Waals surface area contributed by atoms with Crippen molar-refractivity contribution in [2.75, 3.05) is 5.32 Å². The highest BCUT2D eigenvalue weighted by Gasteiger charge is 2.17. The average molecular weight is 325 g/mol. The van der Waals surface area contributed by atoms with Crippen LogP contribution in [-0.4, -0.2) is 17.8 Å². The second kappa shape index (κ2) is 7.77. The molecule has 1 N–H and O–H groups in total. The minimum Gasteiger partial charge on any atom is -0.481 e. The molecule has 0 spiro atoms. The van der Waals surface area contributed by atoms with E-state index in [4.69, 9.17) is 4.74 Å². The standard InChI is InChI=1S/C20H23NO3/c1-13(2)18-10-5-6-11-19(18)24-15(4)20(23)21-17-9-7-8-16(12-17)14(3)22/h5-13,15H,1-4H3,(H,21,23)/t15-/m0/s1. The van der Waals surface area contributed by atoms with Gasteiger partial charge in [-0.15, -0.1) is 0 Å². The van der Waals surface area contributed by atoms with Gasteiger partial charge < -0.3 is 10.1 Å². The summed E-state index contributed by atoms with van der Waals surface area (Å²) in [5.74, 6) is 0.729. The molecular formula is C20H23NO3.